The third kappa shape index (κ3) is 3.67. The van der Waals surface area contributed by atoms with Crippen LogP contribution in [-0.4, -0.2) is 13.4 Å². The summed E-state index contributed by atoms with van der Waals surface area (Å²) in [6.45, 7) is 1.96. The molecule has 0 fully saturated rings. The third-order valence-electron chi connectivity index (χ3n) is 3.56. The topological polar surface area (TPSA) is 72.2 Å². The van der Waals surface area contributed by atoms with Crippen molar-refractivity contribution in [3.05, 3.63) is 71.3 Å². The standard InChI is InChI=1S/C17H15ClN2O3S/c1-12-2-4-15(8-16(12)18)24(21,22)20-10-13-3-5-17(19-9-13)14-6-7-23-11-14/h2-9,11,20H,10H2,1H3. The molecule has 5 nitrogen and oxygen atoms in total. The molecule has 0 radical (unpaired) electrons. The molecule has 1 aromatic carbocycles. The number of pyridine rings is 1. The van der Waals surface area contributed by atoms with E-state index in [1.807, 2.05) is 25.1 Å². The van der Waals surface area contributed by atoms with Crippen molar-refractivity contribution < 1.29 is 12.8 Å². The molecule has 0 bridgehead atoms. The molecule has 7 heteroatoms. The highest BCUT2D eigenvalue weighted by Crippen LogP contribution is 2.20. The van der Waals surface area contributed by atoms with Gasteiger partial charge in [0.2, 0.25) is 10.0 Å². The summed E-state index contributed by atoms with van der Waals surface area (Å²) in [6, 6.07) is 10.1. The van der Waals surface area contributed by atoms with Crippen LogP contribution in [0.5, 0.6) is 0 Å². The van der Waals surface area contributed by atoms with Crippen LogP contribution in [0.3, 0.4) is 0 Å². The van der Waals surface area contributed by atoms with Gasteiger partial charge in [0.25, 0.3) is 0 Å². The van der Waals surface area contributed by atoms with E-state index >= 15 is 0 Å². The molecule has 0 unspecified atom stereocenters. The van der Waals surface area contributed by atoms with E-state index in [0.717, 1.165) is 22.4 Å². The van der Waals surface area contributed by atoms with E-state index in [2.05, 4.69) is 9.71 Å². The molecule has 0 aliphatic carbocycles. The lowest BCUT2D eigenvalue weighted by Crippen LogP contribution is -2.23. The fourth-order valence-corrected chi connectivity index (χ4v) is 3.40. The van der Waals surface area contributed by atoms with Gasteiger partial charge in [-0.2, -0.15) is 0 Å². The van der Waals surface area contributed by atoms with Gasteiger partial charge in [0, 0.05) is 23.3 Å². The Labute approximate surface area is 145 Å². The third-order valence-corrected chi connectivity index (χ3v) is 5.37. The molecule has 0 saturated heterocycles. The van der Waals surface area contributed by atoms with Gasteiger partial charge in [-0.15, -0.1) is 0 Å². The average Bonchev–Trinajstić information content (AvgIpc) is 3.10. The van der Waals surface area contributed by atoms with Crippen LogP contribution in [0.25, 0.3) is 11.3 Å². The average molecular weight is 363 g/mol. The highest BCUT2D eigenvalue weighted by molar-refractivity contribution is 7.89. The van der Waals surface area contributed by atoms with Gasteiger partial charge in [0.05, 0.1) is 23.1 Å². The molecule has 1 N–H and O–H groups in total. The minimum atomic E-state index is -3.63. The molecule has 0 aliphatic rings. The summed E-state index contributed by atoms with van der Waals surface area (Å²) >= 11 is 5.99. The molecular formula is C17H15ClN2O3S. The van der Waals surface area contributed by atoms with E-state index in [0.29, 0.717) is 5.02 Å². The fourth-order valence-electron chi connectivity index (χ4n) is 2.11. The Hall–Kier alpha value is -2.15. The molecule has 2 aromatic heterocycles. The fraction of sp³-hybridized carbons (Fsp3) is 0.118. The van der Waals surface area contributed by atoms with Crippen molar-refractivity contribution in [1.82, 2.24) is 9.71 Å². The Morgan fingerprint density at radius 1 is 1.21 bits per heavy atom. The molecule has 3 aromatic rings. The smallest absolute Gasteiger partial charge is 0.240 e. The molecule has 2 heterocycles. The number of sulfonamides is 1. The zero-order valence-corrected chi connectivity index (χ0v) is 14.4. The van der Waals surface area contributed by atoms with Crippen LogP contribution in [0.1, 0.15) is 11.1 Å². The first kappa shape index (κ1) is 16.7. The van der Waals surface area contributed by atoms with E-state index in [1.165, 1.54) is 12.1 Å². The van der Waals surface area contributed by atoms with Gasteiger partial charge in [-0.1, -0.05) is 23.7 Å². The highest BCUT2D eigenvalue weighted by atomic mass is 35.5. The lowest BCUT2D eigenvalue weighted by atomic mass is 10.2. The van der Waals surface area contributed by atoms with Crippen molar-refractivity contribution in [2.75, 3.05) is 0 Å². The first-order chi connectivity index (χ1) is 11.5. The first-order valence-electron chi connectivity index (χ1n) is 7.19. The summed E-state index contributed by atoms with van der Waals surface area (Å²) < 4.78 is 32.2. The van der Waals surface area contributed by atoms with Crippen LogP contribution < -0.4 is 4.72 Å². The Kier molecular flexibility index (Phi) is 4.71. The predicted octanol–water partition coefficient (Wildman–Crippen LogP) is 3.78. The lowest BCUT2D eigenvalue weighted by Gasteiger charge is -2.08. The van der Waals surface area contributed by atoms with E-state index in [1.54, 1.807) is 24.8 Å². The molecule has 0 saturated carbocycles. The summed E-state index contributed by atoms with van der Waals surface area (Å²) in [6.07, 6.45) is 4.81. The van der Waals surface area contributed by atoms with Crippen molar-refractivity contribution in [2.24, 2.45) is 0 Å². The Morgan fingerprint density at radius 3 is 2.67 bits per heavy atom. The summed E-state index contributed by atoms with van der Waals surface area (Å²) in [5.74, 6) is 0. The number of rotatable bonds is 5. The normalized spacial score (nSPS) is 11.6. The van der Waals surface area contributed by atoms with Gasteiger partial charge < -0.3 is 4.42 Å². The number of hydrogen-bond donors (Lipinski definition) is 1. The minimum absolute atomic E-state index is 0.140. The monoisotopic (exact) mass is 362 g/mol. The van der Waals surface area contributed by atoms with Crippen LogP contribution in [0.4, 0.5) is 0 Å². The molecular weight excluding hydrogens is 348 g/mol. The van der Waals surface area contributed by atoms with E-state index < -0.39 is 10.0 Å². The molecule has 124 valence electrons. The number of nitrogens with zero attached hydrogens (tertiary/aromatic N) is 1. The number of furan rings is 1. The molecule has 24 heavy (non-hydrogen) atoms. The van der Waals surface area contributed by atoms with Crippen LogP contribution in [0.15, 0.2) is 64.4 Å². The summed E-state index contributed by atoms with van der Waals surface area (Å²) in [7, 11) is -3.63. The van der Waals surface area contributed by atoms with Crippen LogP contribution in [0, 0.1) is 6.92 Å². The van der Waals surface area contributed by atoms with Gasteiger partial charge in [-0.05, 0) is 42.3 Å². The van der Waals surface area contributed by atoms with Gasteiger partial charge in [-0.25, -0.2) is 13.1 Å². The lowest BCUT2D eigenvalue weighted by molar-refractivity contribution is 0.568. The molecule has 0 spiro atoms. The zero-order chi connectivity index (χ0) is 17.2. The van der Waals surface area contributed by atoms with Crippen LogP contribution >= 0.6 is 11.6 Å². The number of aromatic nitrogens is 1. The second-order valence-corrected chi connectivity index (χ2v) is 7.47. The van der Waals surface area contributed by atoms with Crippen molar-refractivity contribution in [3.8, 4) is 11.3 Å². The maximum atomic E-state index is 12.3. The number of benzene rings is 1. The molecule has 3 rings (SSSR count). The second kappa shape index (κ2) is 6.76. The van der Waals surface area contributed by atoms with Gasteiger partial charge in [0.1, 0.15) is 0 Å². The maximum Gasteiger partial charge on any atom is 0.240 e. The van der Waals surface area contributed by atoms with Crippen LogP contribution in [0.2, 0.25) is 5.02 Å². The highest BCUT2D eigenvalue weighted by Gasteiger charge is 2.15. The molecule has 0 amide bonds. The Morgan fingerprint density at radius 2 is 2.04 bits per heavy atom. The number of aryl methyl sites for hydroxylation is 1. The summed E-state index contributed by atoms with van der Waals surface area (Å²) in [5, 5.41) is 0.420. The van der Waals surface area contributed by atoms with E-state index in [4.69, 9.17) is 16.0 Å². The van der Waals surface area contributed by atoms with Crippen molar-refractivity contribution in [3.63, 3.8) is 0 Å². The minimum Gasteiger partial charge on any atom is -0.472 e. The Bertz CT molecular complexity index is 936. The van der Waals surface area contributed by atoms with Crippen LogP contribution in [-0.2, 0) is 16.6 Å². The maximum absolute atomic E-state index is 12.3. The molecule has 0 aliphatic heterocycles. The quantitative estimate of drug-likeness (QED) is 0.749. The number of hydrogen-bond acceptors (Lipinski definition) is 4. The second-order valence-electron chi connectivity index (χ2n) is 5.30. The van der Waals surface area contributed by atoms with E-state index in [-0.39, 0.29) is 11.4 Å². The zero-order valence-electron chi connectivity index (χ0n) is 12.9. The Balaban J connectivity index is 1.71. The number of nitrogens with one attached hydrogen (secondary N) is 1. The van der Waals surface area contributed by atoms with Gasteiger partial charge in [0.15, 0.2) is 0 Å². The number of halogens is 1. The summed E-state index contributed by atoms with van der Waals surface area (Å²) in [5.41, 5.74) is 3.22. The van der Waals surface area contributed by atoms with Gasteiger partial charge in [-0.3, -0.25) is 4.98 Å². The first-order valence-corrected chi connectivity index (χ1v) is 9.05. The molecule has 0 atom stereocenters. The van der Waals surface area contributed by atoms with Gasteiger partial charge >= 0.3 is 0 Å². The van der Waals surface area contributed by atoms with Crippen molar-refractivity contribution >= 4 is 21.6 Å². The largest absolute Gasteiger partial charge is 0.472 e. The van der Waals surface area contributed by atoms with Crippen molar-refractivity contribution in [1.29, 1.82) is 0 Å². The predicted molar refractivity (Wildman–Crippen MR) is 92.2 cm³/mol. The summed E-state index contributed by atoms with van der Waals surface area (Å²) in [4.78, 5) is 4.44. The van der Waals surface area contributed by atoms with Crippen molar-refractivity contribution in [2.45, 2.75) is 18.4 Å². The SMILES string of the molecule is Cc1ccc(S(=O)(=O)NCc2ccc(-c3ccoc3)nc2)cc1Cl. The van der Waals surface area contributed by atoms with E-state index in [9.17, 15) is 8.42 Å².